The van der Waals surface area contributed by atoms with Crippen molar-refractivity contribution in [2.45, 2.75) is 50.5 Å². The number of nitrogens with one attached hydrogen (secondary N) is 2. The van der Waals surface area contributed by atoms with Crippen LogP contribution in [0.3, 0.4) is 0 Å². The summed E-state index contributed by atoms with van der Waals surface area (Å²) in [5.74, 6) is 0.838. The molecule has 1 aromatic carbocycles. The van der Waals surface area contributed by atoms with Crippen molar-refractivity contribution in [1.29, 1.82) is 0 Å². The SMILES string of the molecule is Cn1cc(-c2cnc(N(C(=O)NCc3ccccc3)C3CCC(Nc4ccc(C(F)(F)F)cn4)CC3)cn2)cn1. The van der Waals surface area contributed by atoms with Gasteiger partial charge in [-0.25, -0.2) is 14.8 Å². The van der Waals surface area contributed by atoms with E-state index in [-0.39, 0.29) is 18.1 Å². The van der Waals surface area contributed by atoms with Gasteiger partial charge in [-0.3, -0.25) is 14.6 Å². The molecule has 12 heteroatoms. The Bertz CT molecular complexity index is 1400. The van der Waals surface area contributed by atoms with Crippen LogP contribution < -0.4 is 15.5 Å². The minimum Gasteiger partial charge on any atom is -0.367 e. The first-order valence-electron chi connectivity index (χ1n) is 13.0. The van der Waals surface area contributed by atoms with Crippen LogP contribution in [0.2, 0.25) is 0 Å². The van der Waals surface area contributed by atoms with Gasteiger partial charge in [-0.05, 0) is 43.4 Å². The van der Waals surface area contributed by atoms with E-state index < -0.39 is 11.7 Å². The summed E-state index contributed by atoms with van der Waals surface area (Å²) in [6, 6.07) is 11.6. The highest BCUT2D eigenvalue weighted by Gasteiger charge is 2.32. The van der Waals surface area contributed by atoms with Gasteiger partial charge in [-0.15, -0.1) is 0 Å². The highest BCUT2D eigenvalue weighted by molar-refractivity contribution is 5.91. The molecule has 1 aliphatic rings. The number of hydrogen-bond acceptors (Lipinski definition) is 6. The Kier molecular flexibility index (Phi) is 7.94. The topological polar surface area (TPSA) is 101 Å². The van der Waals surface area contributed by atoms with E-state index in [0.717, 1.165) is 23.4 Å². The van der Waals surface area contributed by atoms with Gasteiger partial charge in [-0.1, -0.05) is 30.3 Å². The summed E-state index contributed by atoms with van der Waals surface area (Å²) in [7, 11) is 1.82. The largest absolute Gasteiger partial charge is 0.417 e. The first-order valence-corrected chi connectivity index (χ1v) is 13.0. The molecule has 4 aromatic rings. The number of benzene rings is 1. The maximum Gasteiger partial charge on any atom is 0.417 e. The van der Waals surface area contributed by atoms with E-state index in [1.54, 1.807) is 28.2 Å². The van der Waals surface area contributed by atoms with Crippen LogP contribution in [-0.2, 0) is 19.8 Å². The monoisotopic (exact) mass is 550 g/mol. The zero-order valence-electron chi connectivity index (χ0n) is 21.8. The first-order chi connectivity index (χ1) is 19.3. The van der Waals surface area contributed by atoms with Crippen LogP contribution in [0, 0.1) is 0 Å². The second kappa shape index (κ2) is 11.7. The van der Waals surface area contributed by atoms with Gasteiger partial charge in [0.25, 0.3) is 0 Å². The predicted molar refractivity (Wildman–Crippen MR) is 144 cm³/mol. The Balaban J connectivity index is 1.28. The van der Waals surface area contributed by atoms with Gasteiger partial charge in [0, 0.05) is 43.6 Å². The van der Waals surface area contributed by atoms with Gasteiger partial charge in [-0.2, -0.15) is 18.3 Å². The van der Waals surface area contributed by atoms with E-state index in [9.17, 15) is 18.0 Å². The van der Waals surface area contributed by atoms with E-state index in [2.05, 4.69) is 30.7 Å². The van der Waals surface area contributed by atoms with Crippen LogP contribution in [0.5, 0.6) is 0 Å². The summed E-state index contributed by atoms with van der Waals surface area (Å²) in [5.41, 5.74) is 1.67. The smallest absolute Gasteiger partial charge is 0.367 e. The van der Waals surface area contributed by atoms with Crippen molar-refractivity contribution in [1.82, 2.24) is 30.0 Å². The van der Waals surface area contributed by atoms with Crippen LogP contribution in [0.1, 0.15) is 36.8 Å². The lowest BCUT2D eigenvalue weighted by atomic mass is 9.90. The number of pyridine rings is 1. The van der Waals surface area contributed by atoms with E-state index in [4.69, 9.17) is 0 Å². The Morgan fingerprint density at radius 3 is 2.35 bits per heavy atom. The molecule has 0 radical (unpaired) electrons. The van der Waals surface area contributed by atoms with Gasteiger partial charge in [0.1, 0.15) is 5.82 Å². The second-order valence-electron chi connectivity index (χ2n) is 9.76. The van der Waals surface area contributed by atoms with Crippen LogP contribution in [0.15, 0.2) is 73.4 Å². The van der Waals surface area contributed by atoms with Gasteiger partial charge in [0.05, 0.1) is 29.8 Å². The quantitative estimate of drug-likeness (QED) is 0.318. The normalized spacial score (nSPS) is 17.3. The third-order valence-corrected chi connectivity index (χ3v) is 6.90. The molecule has 0 aliphatic heterocycles. The van der Waals surface area contributed by atoms with Crippen molar-refractivity contribution >= 4 is 17.7 Å². The number of amides is 2. The highest BCUT2D eigenvalue weighted by atomic mass is 19.4. The zero-order valence-corrected chi connectivity index (χ0v) is 21.8. The van der Waals surface area contributed by atoms with Crippen molar-refractivity contribution in [3.05, 3.63) is 84.6 Å². The molecular weight excluding hydrogens is 521 g/mol. The summed E-state index contributed by atoms with van der Waals surface area (Å²) < 4.78 is 40.2. The van der Waals surface area contributed by atoms with Crippen LogP contribution in [0.4, 0.5) is 29.6 Å². The minimum absolute atomic E-state index is 0.0220. The molecule has 208 valence electrons. The van der Waals surface area contributed by atoms with Crippen molar-refractivity contribution in [3.63, 3.8) is 0 Å². The third kappa shape index (κ3) is 6.56. The number of nitrogens with zero attached hydrogens (tertiary/aromatic N) is 6. The lowest BCUT2D eigenvalue weighted by Gasteiger charge is -2.36. The Labute approximate surface area is 229 Å². The number of carbonyl (C=O) groups is 1. The van der Waals surface area contributed by atoms with Gasteiger partial charge in [0.2, 0.25) is 0 Å². The van der Waals surface area contributed by atoms with Gasteiger partial charge >= 0.3 is 12.2 Å². The fourth-order valence-electron chi connectivity index (χ4n) is 4.80. The number of urea groups is 1. The maximum atomic E-state index is 13.5. The lowest BCUT2D eigenvalue weighted by molar-refractivity contribution is -0.137. The number of alkyl halides is 3. The Morgan fingerprint density at radius 1 is 0.975 bits per heavy atom. The van der Waals surface area contributed by atoms with Crippen LogP contribution in [0.25, 0.3) is 11.3 Å². The average molecular weight is 551 g/mol. The van der Waals surface area contributed by atoms with Crippen LogP contribution >= 0.6 is 0 Å². The number of halogens is 3. The molecule has 9 nitrogen and oxygen atoms in total. The summed E-state index contributed by atoms with van der Waals surface area (Å²) in [5, 5.41) is 10.4. The zero-order chi connectivity index (χ0) is 28.1. The fraction of sp³-hybridized carbons (Fsp3) is 0.321. The molecule has 1 saturated carbocycles. The molecule has 0 saturated heterocycles. The molecule has 2 amide bonds. The summed E-state index contributed by atoms with van der Waals surface area (Å²) >= 11 is 0. The molecule has 1 fully saturated rings. The average Bonchev–Trinajstić information content (AvgIpc) is 3.40. The molecular formula is C28H29F3N8O. The van der Waals surface area contributed by atoms with Crippen molar-refractivity contribution in [3.8, 4) is 11.3 Å². The molecule has 0 atom stereocenters. The Hall–Kier alpha value is -4.48. The molecule has 3 heterocycles. The highest BCUT2D eigenvalue weighted by Crippen LogP contribution is 2.31. The van der Waals surface area contributed by atoms with Crippen molar-refractivity contribution in [2.75, 3.05) is 10.2 Å². The Morgan fingerprint density at radius 2 is 1.75 bits per heavy atom. The number of anilines is 2. The molecule has 5 rings (SSSR count). The van der Waals surface area contributed by atoms with Crippen molar-refractivity contribution in [2.24, 2.45) is 7.05 Å². The van der Waals surface area contributed by atoms with E-state index in [1.165, 1.54) is 6.07 Å². The van der Waals surface area contributed by atoms with Gasteiger partial charge < -0.3 is 10.6 Å². The molecule has 3 aromatic heterocycles. The minimum atomic E-state index is -4.42. The van der Waals surface area contributed by atoms with Gasteiger partial charge in [0.15, 0.2) is 5.82 Å². The van der Waals surface area contributed by atoms with Crippen molar-refractivity contribution < 1.29 is 18.0 Å². The summed E-state index contributed by atoms with van der Waals surface area (Å²) in [6.45, 7) is 0.369. The first kappa shape index (κ1) is 27.1. The number of hydrogen-bond donors (Lipinski definition) is 2. The van der Waals surface area contributed by atoms with Crippen LogP contribution in [-0.4, -0.2) is 42.8 Å². The molecule has 0 unspecified atom stereocenters. The molecule has 2 N–H and O–H groups in total. The standard InChI is InChI=1S/C28H29F3N8O/c1-38-18-20(14-36-38)24-16-34-26(17-32-24)39(27(40)35-13-19-5-3-2-4-6-19)23-10-8-22(9-11-23)37-25-12-7-21(15-33-25)28(29,30)31/h2-7,12,14-18,22-23H,8-11,13H2,1H3,(H,33,37)(H,35,40). The number of aryl methyl sites for hydroxylation is 1. The second-order valence-corrected chi connectivity index (χ2v) is 9.76. The molecule has 1 aliphatic carbocycles. The summed E-state index contributed by atoms with van der Waals surface area (Å²) in [6.07, 6.45) is 5.93. The molecule has 0 bridgehead atoms. The third-order valence-electron chi connectivity index (χ3n) is 6.90. The fourth-order valence-corrected chi connectivity index (χ4v) is 4.80. The molecule has 40 heavy (non-hydrogen) atoms. The maximum absolute atomic E-state index is 13.5. The number of rotatable bonds is 7. The molecule has 0 spiro atoms. The van der Waals surface area contributed by atoms with E-state index in [0.29, 0.717) is 49.6 Å². The summed E-state index contributed by atoms with van der Waals surface area (Å²) in [4.78, 5) is 28.2. The lowest BCUT2D eigenvalue weighted by Crippen LogP contribution is -2.49. The number of carbonyl (C=O) groups excluding carboxylic acids is 1. The number of aromatic nitrogens is 5. The van der Waals surface area contributed by atoms with E-state index >= 15 is 0 Å². The van der Waals surface area contributed by atoms with E-state index in [1.807, 2.05) is 43.6 Å². The predicted octanol–water partition coefficient (Wildman–Crippen LogP) is 5.43.